The third kappa shape index (κ3) is 5.13. The Bertz CT molecular complexity index is 689. The number of unbranched alkanes of at least 4 members (excludes halogenated alkanes) is 3. The van der Waals surface area contributed by atoms with Crippen LogP contribution in [0.4, 0.5) is 0 Å². The molecule has 0 radical (unpaired) electrons. The number of methoxy groups -OCH3 is 2. The average molecular weight is 477 g/mol. The maximum atomic E-state index is 6.10. The fraction of sp³-hybridized carbons (Fsp3) is 0.583. The molecule has 0 amide bonds. The quantitative estimate of drug-likeness (QED) is 0.309. The van der Waals surface area contributed by atoms with Gasteiger partial charge in [0.2, 0.25) is 0 Å². The molecule has 150 valence electrons. The second-order valence-corrected chi connectivity index (χ2v) is 20.9. The summed E-state index contributed by atoms with van der Waals surface area (Å²) in [4.78, 5) is 0. The molecule has 0 atom stereocenters. The Morgan fingerprint density at radius 1 is 0.741 bits per heavy atom. The Labute approximate surface area is 170 Å². The third-order valence-corrected chi connectivity index (χ3v) is 21.5. The summed E-state index contributed by atoms with van der Waals surface area (Å²) in [6.45, 7) is 6.98. The van der Waals surface area contributed by atoms with Gasteiger partial charge in [-0.1, -0.05) is 0 Å². The topological polar surface area (TPSA) is 18.5 Å². The van der Waals surface area contributed by atoms with Crippen LogP contribution in [-0.2, 0) is 0 Å². The van der Waals surface area contributed by atoms with Gasteiger partial charge in [-0.15, -0.1) is 0 Å². The molecule has 0 aliphatic heterocycles. The van der Waals surface area contributed by atoms with E-state index in [1.807, 2.05) is 7.11 Å². The van der Waals surface area contributed by atoms with Crippen LogP contribution < -0.4 is 13.1 Å². The minimum atomic E-state index is -2.61. The standard InChI is InChI=1S/C12H11O2.3C4H9.Sn/c1-13-11-7-8-12(14-2)10-6-4-3-5-9(10)11;3*1-3-4-2;/h3-7H,1-2H3;3*1,3-4H2,2H3;. The molecule has 0 saturated carbocycles. The van der Waals surface area contributed by atoms with Gasteiger partial charge in [0, 0.05) is 0 Å². The zero-order valence-electron chi connectivity index (χ0n) is 18.1. The van der Waals surface area contributed by atoms with Crippen molar-refractivity contribution in [2.45, 2.75) is 72.6 Å². The van der Waals surface area contributed by atoms with E-state index < -0.39 is 18.4 Å². The number of hydrogen-bond donors (Lipinski definition) is 0. The fourth-order valence-corrected chi connectivity index (χ4v) is 21.0. The first-order valence-electron chi connectivity index (χ1n) is 10.8. The molecule has 0 spiro atoms. The van der Waals surface area contributed by atoms with Gasteiger partial charge in [0.05, 0.1) is 0 Å². The van der Waals surface area contributed by atoms with Gasteiger partial charge in [0.15, 0.2) is 0 Å². The molecule has 0 N–H and O–H groups in total. The van der Waals surface area contributed by atoms with Gasteiger partial charge in [-0.2, -0.15) is 0 Å². The molecule has 0 aliphatic rings. The molecular formula is C24H38O2Sn. The Balaban J connectivity index is 2.72. The van der Waals surface area contributed by atoms with Crippen LogP contribution in [0, 0.1) is 0 Å². The van der Waals surface area contributed by atoms with E-state index in [1.54, 1.807) is 10.7 Å². The van der Waals surface area contributed by atoms with Crippen molar-refractivity contribution in [3.8, 4) is 11.5 Å². The van der Waals surface area contributed by atoms with Crippen LogP contribution >= 0.6 is 0 Å². The van der Waals surface area contributed by atoms with Crippen LogP contribution in [0.3, 0.4) is 0 Å². The summed E-state index contributed by atoms with van der Waals surface area (Å²) in [6, 6.07) is 10.9. The van der Waals surface area contributed by atoms with Crippen LogP contribution in [0.5, 0.6) is 11.5 Å². The summed E-state index contributed by atoms with van der Waals surface area (Å²) in [5.41, 5.74) is 0. The maximum absolute atomic E-state index is 6.10. The van der Waals surface area contributed by atoms with Crippen molar-refractivity contribution in [1.29, 1.82) is 0 Å². The van der Waals surface area contributed by atoms with Crippen molar-refractivity contribution >= 4 is 32.7 Å². The van der Waals surface area contributed by atoms with E-state index in [9.17, 15) is 0 Å². The Hall–Kier alpha value is -0.901. The third-order valence-electron chi connectivity index (χ3n) is 5.98. The second kappa shape index (κ2) is 11.2. The molecule has 3 heteroatoms. The Morgan fingerprint density at radius 3 is 1.70 bits per heavy atom. The van der Waals surface area contributed by atoms with E-state index in [0.29, 0.717) is 0 Å². The first-order chi connectivity index (χ1) is 13.2. The predicted molar refractivity (Wildman–Crippen MR) is 122 cm³/mol. The zero-order valence-corrected chi connectivity index (χ0v) is 20.9. The van der Waals surface area contributed by atoms with Crippen LogP contribution in [0.2, 0.25) is 13.3 Å². The predicted octanol–water partition coefficient (Wildman–Crippen LogP) is 6.91. The summed E-state index contributed by atoms with van der Waals surface area (Å²) in [5, 5.41) is 2.39. The molecule has 2 aromatic rings. The number of ether oxygens (including phenoxy) is 2. The van der Waals surface area contributed by atoms with Crippen molar-refractivity contribution in [2.75, 3.05) is 14.2 Å². The molecule has 0 fully saturated rings. The summed E-state index contributed by atoms with van der Waals surface area (Å²) in [7, 11) is 3.66. The van der Waals surface area contributed by atoms with Crippen molar-refractivity contribution in [2.24, 2.45) is 0 Å². The van der Waals surface area contributed by atoms with Crippen molar-refractivity contribution < 1.29 is 9.47 Å². The first kappa shape index (κ1) is 22.4. The molecule has 0 aliphatic carbocycles. The van der Waals surface area contributed by atoms with Gasteiger partial charge in [-0.25, -0.2) is 0 Å². The number of fused-ring (bicyclic) bond motifs is 1. The zero-order chi connectivity index (χ0) is 19.7. The van der Waals surface area contributed by atoms with E-state index in [4.69, 9.17) is 9.47 Å². The Kier molecular flexibility index (Phi) is 9.28. The summed E-state index contributed by atoms with van der Waals surface area (Å²) in [6.07, 6.45) is 7.89. The second-order valence-electron chi connectivity index (χ2n) is 7.80. The molecule has 0 saturated heterocycles. The molecule has 27 heavy (non-hydrogen) atoms. The molecule has 0 aromatic heterocycles. The first-order valence-corrected chi connectivity index (χ1v) is 18.3. The summed E-state index contributed by atoms with van der Waals surface area (Å²) < 4.78 is 17.8. The molecule has 2 aromatic carbocycles. The van der Waals surface area contributed by atoms with Crippen LogP contribution in [0.25, 0.3) is 10.8 Å². The van der Waals surface area contributed by atoms with Crippen molar-refractivity contribution in [1.82, 2.24) is 0 Å². The molecule has 2 rings (SSSR count). The molecular weight excluding hydrogens is 439 g/mol. The van der Waals surface area contributed by atoms with Crippen LogP contribution in [0.15, 0.2) is 30.3 Å². The monoisotopic (exact) mass is 478 g/mol. The molecule has 0 bridgehead atoms. The summed E-state index contributed by atoms with van der Waals surface area (Å²) >= 11 is -2.61. The van der Waals surface area contributed by atoms with Crippen LogP contribution in [-0.4, -0.2) is 32.6 Å². The summed E-state index contributed by atoms with van der Waals surface area (Å²) in [5.74, 6) is 2.16. The van der Waals surface area contributed by atoms with E-state index in [1.165, 1.54) is 62.6 Å². The minimum absolute atomic E-state index is 1.02. The fourth-order valence-electron chi connectivity index (χ4n) is 4.42. The van der Waals surface area contributed by atoms with Crippen LogP contribution in [0.1, 0.15) is 59.3 Å². The van der Waals surface area contributed by atoms with Gasteiger partial charge >= 0.3 is 171 Å². The van der Waals surface area contributed by atoms with Gasteiger partial charge in [0.1, 0.15) is 0 Å². The van der Waals surface area contributed by atoms with E-state index in [-0.39, 0.29) is 0 Å². The SMILES string of the molecule is CCC[CH2][Sn]([CH2]CCC)([CH2]CCC)[c]1cc(OC)c2ccccc2c1OC. The Morgan fingerprint density at radius 2 is 1.26 bits per heavy atom. The van der Waals surface area contributed by atoms with E-state index >= 15 is 0 Å². The van der Waals surface area contributed by atoms with Crippen molar-refractivity contribution in [3.63, 3.8) is 0 Å². The van der Waals surface area contributed by atoms with Gasteiger partial charge in [-0.3, -0.25) is 0 Å². The normalized spacial score (nSPS) is 11.7. The van der Waals surface area contributed by atoms with Gasteiger partial charge < -0.3 is 0 Å². The molecule has 2 nitrogen and oxygen atoms in total. The van der Waals surface area contributed by atoms with Crippen molar-refractivity contribution in [3.05, 3.63) is 30.3 Å². The van der Waals surface area contributed by atoms with Gasteiger partial charge in [-0.05, 0) is 0 Å². The molecule has 0 heterocycles. The van der Waals surface area contributed by atoms with E-state index in [2.05, 4.69) is 51.1 Å². The van der Waals surface area contributed by atoms with Gasteiger partial charge in [0.25, 0.3) is 0 Å². The number of benzene rings is 2. The van der Waals surface area contributed by atoms with E-state index in [0.717, 1.165) is 11.5 Å². The number of hydrogen-bond acceptors (Lipinski definition) is 2. The number of rotatable bonds is 12. The average Bonchev–Trinajstić information content (AvgIpc) is 2.72. The molecule has 0 unspecified atom stereocenters.